The molecule has 0 aliphatic rings. The van der Waals surface area contributed by atoms with Crippen LogP contribution in [0, 0.1) is 0 Å². The fourth-order valence-corrected chi connectivity index (χ4v) is 4.15. The second kappa shape index (κ2) is 8.07. The molecule has 2 heterocycles. The van der Waals surface area contributed by atoms with Gasteiger partial charge in [0, 0.05) is 17.3 Å². The molecule has 0 aliphatic heterocycles. The minimum Gasteiger partial charge on any atom is -0.325 e. The van der Waals surface area contributed by atoms with Crippen LogP contribution in [0.4, 0.5) is 5.69 Å². The van der Waals surface area contributed by atoms with Gasteiger partial charge in [0.1, 0.15) is 4.83 Å². The van der Waals surface area contributed by atoms with Gasteiger partial charge in [-0.25, -0.2) is 4.98 Å². The van der Waals surface area contributed by atoms with Crippen molar-refractivity contribution in [2.24, 2.45) is 0 Å². The van der Waals surface area contributed by atoms with E-state index < -0.39 is 5.25 Å². The first-order valence-electron chi connectivity index (χ1n) is 7.81. The maximum Gasteiger partial charge on any atom is 0.263 e. The zero-order chi connectivity index (χ0) is 18.7. The number of carbonyl (C=O) groups excluding carboxylic acids is 1. The van der Waals surface area contributed by atoms with E-state index >= 15 is 0 Å². The Labute approximate surface area is 163 Å². The summed E-state index contributed by atoms with van der Waals surface area (Å²) in [6.07, 6.45) is 1.64. The highest BCUT2D eigenvalue weighted by molar-refractivity contribution is 8.00. The van der Waals surface area contributed by atoms with Crippen LogP contribution in [0.15, 0.2) is 58.3 Å². The Morgan fingerprint density at radius 3 is 2.85 bits per heavy atom. The van der Waals surface area contributed by atoms with Crippen molar-refractivity contribution >= 4 is 56.5 Å². The van der Waals surface area contributed by atoms with Gasteiger partial charge < -0.3 is 5.32 Å². The average molecular weight is 406 g/mol. The van der Waals surface area contributed by atoms with Crippen molar-refractivity contribution < 1.29 is 4.79 Å². The molecule has 1 atom stereocenters. The molecule has 1 unspecified atom stereocenters. The minimum absolute atomic E-state index is 0.121. The lowest BCUT2D eigenvalue weighted by Crippen LogP contribution is -2.26. The highest BCUT2D eigenvalue weighted by atomic mass is 35.5. The summed E-state index contributed by atoms with van der Waals surface area (Å²) < 4.78 is 1.54. The normalized spacial score (nSPS) is 12.1. The third-order valence-corrected chi connectivity index (χ3v) is 5.77. The number of hydrogen-bond donors (Lipinski definition) is 1. The second-order valence-electron chi connectivity index (χ2n) is 5.49. The largest absolute Gasteiger partial charge is 0.325 e. The van der Waals surface area contributed by atoms with Crippen LogP contribution < -0.4 is 10.9 Å². The first kappa shape index (κ1) is 18.7. The molecule has 26 heavy (non-hydrogen) atoms. The standard InChI is InChI=1S/C18H16ClN3O2S2/c1-3-9-22-17(24)14-8-10-25-16(14)21-18(22)26-11(2)15(23)20-13-6-4-12(19)5-7-13/h3-8,10-11H,1,9H2,2H3,(H,20,23). The Balaban J connectivity index is 1.83. The number of allylic oxidation sites excluding steroid dienone is 1. The molecule has 1 amide bonds. The van der Waals surface area contributed by atoms with Gasteiger partial charge in [0.25, 0.3) is 5.56 Å². The van der Waals surface area contributed by atoms with Gasteiger partial charge in [-0.05, 0) is 42.6 Å². The zero-order valence-corrected chi connectivity index (χ0v) is 16.3. The number of fused-ring (bicyclic) bond motifs is 1. The van der Waals surface area contributed by atoms with Crippen molar-refractivity contribution in [1.29, 1.82) is 0 Å². The van der Waals surface area contributed by atoms with Crippen molar-refractivity contribution in [2.75, 3.05) is 5.32 Å². The highest BCUT2D eigenvalue weighted by Gasteiger charge is 2.19. The van der Waals surface area contributed by atoms with Gasteiger partial charge >= 0.3 is 0 Å². The summed E-state index contributed by atoms with van der Waals surface area (Å²) in [5.74, 6) is -0.178. The predicted molar refractivity (Wildman–Crippen MR) is 109 cm³/mol. The Morgan fingerprint density at radius 1 is 1.42 bits per heavy atom. The van der Waals surface area contributed by atoms with Crippen LogP contribution in [0.25, 0.3) is 10.2 Å². The fourth-order valence-electron chi connectivity index (χ4n) is 2.30. The lowest BCUT2D eigenvalue weighted by molar-refractivity contribution is -0.115. The average Bonchev–Trinajstić information content (AvgIpc) is 3.09. The Hall–Kier alpha value is -2.09. The number of benzene rings is 1. The molecular weight excluding hydrogens is 390 g/mol. The van der Waals surface area contributed by atoms with E-state index in [4.69, 9.17) is 11.6 Å². The van der Waals surface area contributed by atoms with Gasteiger partial charge in [-0.15, -0.1) is 17.9 Å². The van der Waals surface area contributed by atoms with Crippen LogP contribution in [0.5, 0.6) is 0 Å². The third kappa shape index (κ3) is 4.00. The molecule has 0 fully saturated rings. The van der Waals surface area contributed by atoms with Crippen LogP contribution >= 0.6 is 34.7 Å². The SMILES string of the molecule is C=CCn1c(SC(C)C(=O)Nc2ccc(Cl)cc2)nc2sccc2c1=O. The van der Waals surface area contributed by atoms with E-state index in [1.54, 1.807) is 47.9 Å². The van der Waals surface area contributed by atoms with Crippen LogP contribution in [-0.2, 0) is 11.3 Å². The molecule has 3 aromatic rings. The van der Waals surface area contributed by atoms with E-state index in [2.05, 4.69) is 16.9 Å². The minimum atomic E-state index is -0.439. The molecule has 0 aliphatic carbocycles. The van der Waals surface area contributed by atoms with E-state index in [0.717, 1.165) is 0 Å². The number of thiophene rings is 1. The molecular formula is C18H16ClN3O2S2. The number of anilines is 1. The lowest BCUT2D eigenvalue weighted by atomic mass is 10.3. The van der Waals surface area contributed by atoms with Crippen molar-refractivity contribution in [3.8, 4) is 0 Å². The van der Waals surface area contributed by atoms with E-state index in [-0.39, 0.29) is 11.5 Å². The number of aromatic nitrogens is 2. The highest BCUT2D eigenvalue weighted by Crippen LogP contribution is 2.25. The van der Waals surface area contributed by atoms with E-state index in [1.165, 1.54) is 23.1 Å². The topological polar surface area (TPSA) is 64.0 Å². The Bertz CT molecular complexity index is 1010. The van der Waals surface area contributed by atoms with Gasteiger partial charge in [-0.1, -0.05) is 29.4 Å². The molecule has 3 rings (SSSR count). The number of thioether (sulfide) groups is 1. The molecule has 5 nitrogen and oxygen atoms in total. The number of carbonyl (C=O) groups is 1. The van der Waals surface area contributed by atoms with Crippen LogP contribution in [0.3, 0.4) is 0 Å². The predicted octanol–water partition coefficient (Wildman–Crippen LogP) is 4.42. The second-order valence-corrected chi connectivity index (χ2v) is 8.13. The summed E-state index contributed by atoms with van der Waals surface area (Å²) in [5.41, 5.74) is 0.543. The molecule has 0 bridgehead atoms. The van der Waals surface area contributed by atoms with Gasteiger partial charge in [0.15, 0.2) is 5.16 Å². The molecule has 8 heteroatoms. The number of hydrogen-bond acceptors (Lipinski definition) is 5. The van der Waals surface area contributed by atoms with Crippen molar-refractivity contribution in [3.05, 3.63) is 63.7 Å². The summed E-state index contributed by atoms with van der Waals surface area (Å²) in [6.45, 7) is 5.81. The number of halogens is 1. The quantitative estimate of drug-likeness (QED) is 0.374. The van der Waals surface area contributed by atoms with Gasteiger partial charge in [0.2, 0.25) is 5.91 Å². The van der Waals surface area contributed by atoms with Gasteiger partial charge in [-0.2, -0.15) is 0 Å². The molecule has 2 aromatic heterocycles. The lowest BCUT2D eigenvalue weighted by Gasteiger charge is -2.15. The van der Waals surface area contributed by atoms with E-state index in [1.807, 2.05) is 5.38 Å². The number of rotatable bonds is 6. The zero-order valence-electron chi connectivity index (χ0n) is 13.9. The van der Waals surface area contributed by atoms with Gasteiger partial charge in [-0.3, -0.25) is 14.2 Å². The molecule has 134 valence electrons. The van der Waals surface area contributed by atoms with Crippen LogP contribution in [-0.4, -0.2) is 20.7 Å². The molecule has 0 radical (unpaired) electrons. The van der Waals surface area contributed by atoms with Crippen molar-refractivity contribution in [3.63, 3.8) is 0 Å². The smallest absolute Gasteiger partial charge is 0.263 e. The van der Waals surface area contributed by atoms with Crippen LogP contribution in [0.2, 0.25) is 5.02 Å². The summed E-state index contributed by atoms with van der Waals surface area (Å²) in [4.78, 5) is 30.3. The fraction of sp³-hybridized carbons (Fsp3) is 0.167. The molecule has 0 saturated carbocycles. The van der Waals surface area contributed by atoms with Gasteiger partial charge in [0.05, 0.1) is 10.6 Å². The maximum atomic E-state index is 12.6. The van der Waals surface area contributed by atoms with Crippen molar-refractivity contribution in [1.82, 2.24) is 9.55 Å². The van der Waals surface area contributed by atoms with Crippen molar-refractivity contribution in [2.45, 2.75) is 23.9 Å². The molecule has 1 N–H and O–H groups in total. The third-order valence-electron chi connectivity index (χ3n) is 3.62. The maximum absolute atomic E-state index is 12.6. The molecule has 1 aromatic carbocycles. The molecule has 0 saturated heterocycles. The monoisotopic (exact) mass is 405 g/mol. The Morgan fingerprint density at radius 2 is 2.15 bits per heavy atom. The summed E-state index contributed by atoms with van der Waals surface area (Å²) in [7, 11) is 0. The number of nitrogens with one attached hydrogen (secondary N) is 1. The number of amides is 1. The Kier molecular flexibility index (Phi) is 5.80. The first-order valence-corrected chi connectivity index (χ1v) is 9.95. The molecule has 0 spiro atoms. The summed E-state index contributed by atoms with van der Waals surface area (Å²) in [6, 6.07) is 8.66. The van der Waals surface area contributed by atoms with E-state index in [9.17, 15) is 9.59 Å². The summed E-state index contributed by atoms with van der Waals surface area (Å²) in [5, 5.41) is 5.92. The van der Waals surface area contributed by atoms with E-state index in [0.29, 0.717) is 32.6 Å². The first-order chi connectivity index (χ1) is 12.5. The van der Waals surface area contributed by atoms with Crippen LogP contribution in [0.1, 0.15) is 6.92 Å². The number of nitrogens with zero attached hydrogens (tertiary/aromatic N) is 2. The summed E-state index contributed by atoms with van der Waals surface area (Å²) >= 11 is 8.50.